The molecule has 2 aromatic rings. The molecular weight excluding hydrogens is 397 g/mol. The Bertz CT molecular complexity index is 955. The van der Waals surface area contributed by atoms with Crippen molar-refractivity contribution in [3.63, 3.8) is 0 Å². The molecule has 2 atom stereocenters. The van der Waals surface area contributed by atoms with Gasteiger partial charge in [-0.05, 0) is 48.2 Å². The van der Waals surface area contributed by atoms with Gasteiger partial charge in [0.05, 0.1) is 12.0 Å². The second-order valence-electron chi connectivity index (χ2n) is 8.45. The molecule has 0 spiro atoms. The molecule has 7 heteroatoms. The number of hydrogen-bond donors (Lipinski definition) is 1. The van der Waals surface area contributed by atoms with Gasteiger partial charge in [-0.15, -0.1) is 0 Å². The average Bonchev–Trinajstić information content (AvgIpc) is 3.25. The standard InChI is InChI=1S/C24H28FN3O3/c1-27(2)18-8-5-16(6-9-18)14-28(15-19-4-3-11-31-19)24(30)21-13-23(29)26-22-12-17(25)7-10-20(21)22/h5-10,12,19,21H,3-4,11,13-15H2,1-2H3,(H,26,29). The van der Waals surface area contributed by atoms with Gasteiger partial charge >= 0.3 is 0 Å². The summed E-state index contributed by atoms with van der Waals surface area (Å²) in [6.45, 7) is 1.61. The third-order valence-electron chi connectivity index (χ3n) is 5.94. The maximum Gasteiger partial charge on any atom is 0.231 e. The molecule has 31 heavy (non-hydrogen) atoms. The molecule has 2 unspecified atom stereocenters. The van der Waals surface area contributed by atoms with Crippen LogP contribution in [0.4, 0.5) is 15.8 Å². The molecule has 0 bridgehead atoms. The summed E-state index contributed by atoms with van der Waals surface area (Å²) in [6.07, 6.45) is 1.95. The number of fused-ring (bicyclic) bond motifs is 1. The van der Waals surface area contributed by atoms with E-state index in [0.717, 1.165) is 24.1 Å². The minimum absolute atomic E-state index is 0.00453. The van der Waals surface area contributed by atoms with Gasteiger partial charge in [0.2, 0.25) is 11.8 Å². The van der Waals surface area contributed by atoms with Gasteiger partial charge in [-0.3, -0.25) is 9.59 Å². The number of hydrogen-bond acceptors (Lipinski definition) is 4. The topological polar surface area (TPSA) is 61.9 Å². The highest BCUT2D eigenvalue weighted by Gasteiger charge is 2.35. The zero-order chi connectivity index (χ0) is 22.0. The molecule has 0 radical (unpaired) electrons. The zero-order valence-electron chi connectivity index (χ0n) is 17.9. The van der Waals surface area contributed by atoms with Crippen molar-refractivity contribution in [1.29, 1.82) is 0 Å². The van der Waals surface area contributed by atoms with E-state index in [9.17, 15) is 14.0 Å². The van der Waals surface area contributed by atoms with Crippen molar-refractivity contribution < 1.29 is 18.7 Å². The Morgan fingerprint density at radius 3 is 2.65 bits per heavy atom. The largest absolute Gasteiger partial charge is 0.378 e. The lowest BCUT2D eigenvalue weighted by atomic mass is 9.89. The fourth-order valence-corrected chi connectivity index (χ4v) is 4.26. The van der Waals surface area contributed by atoms with Crippen LogP contribution < -0.4 is 10.2 Å². The molecule has 4 rings (SSSR count). The van der Waals surface area contributed by atoms with Crippen molar-refractivity contribution in [3.05, 3.63) is 59.4 Å². The summed E-state index contributed by atoms with van der Waals surface area (Å²) in [7, 11) is 3.97. The van der Waals surface area contributed by atoms with E-state index >= 15 is 0 Å². The number of ether oxygens (including phenoxy) is 1. The number of nitrogens with one attached hydrogen (secondary N) is 1. The second-order valence-corrected chi connectivity index (χ2v) is 8.45. The van der Waals surface area contributed by atoms with Crippen LogP contribution in [0, 0.1) is 5.82 Å². The molecule has 2 heterocycles. The van der Waals surface area contributed by atoms with Crippen LogP contribution >= 0.6 is 0 Å². The van der Waals surface area contributed by atoms with Crippen LogP contribution in [0.1, 0.15) is 36.3 Å². The Kier molecular flexibility index (Phi) is 6.23. The summed E-state index contributed by atoms with van der Waals surface area (Å²) in [5.74, 6) is -1.48. The van der Waals surface area contributed by atoms with Crippen molar-refractivity contribution >= 4 is 23.2 Å². The second kappa shape index (κ2) is 9.06. The molecule has 1 N–H and O–H groups in total. The Balaban J connectivity index is 1.60. The number of nitrogens with zero attached hydrogens (tertiary/aromatic N) is 2. The van der Waals surface area contributed by atoms with E-state index in [-0.39, 0.29) is 24.3 Å². The average molecular weight is 426 g/mol. The molecule has 164 valence electrons. The summed E-state index contributed by atoms with van der Waals surface area (Å²) in [5.41, 5.74) is 3.13. The third kappa shape index (κ3) is 4.88. The first-order valence-electron chi connectivity index (χ1n) is 10.7. The van der Waals surface area contributed by atoms with Crippen LogP contribution in [0.2, 0.25) is 0 Å². The first-order valence-corrected chi connectivity index (χ1v) is 10.7. The molecule has 0 aliphatic carbocycles. The summed E-state index contributed by atoms with van der Waals surface area (Å²) < 4.78 is 19.5. The van der Waals surface area contributed by atoms with E-state index in [4.69, 9.17) is 4.74 Å². The predicted molar refractivity (Wildman–Crippen MR) is 118 cm³/mol. The summed E-state index contributed by atoms with van der Waals surface area (Å²) in [4.78, 5) is 29.7. The van der Waals surface area contributed by atoms with Gasteiger partial charge in [0.25, 0.3) is 0 Å². The number of rotatable bonds is 6. The first-order chi connectivity index (χ1) is 14.9. The van der Waals surface area contributed by atoms with Crippen LogP contribution in [0.5, 0.6) is 0 Å². The lowest BCUT2D eigenvalue weighted by Gasteiger charge is -2.32. The highest BCUT2D eigenvalue weighted by atomic mass is 19.1. The van der Waals surface area contributed by atoms with E-state index in [0.29, 0.717) is 30.9 Å². The summed E-state index contributed by atoms with van der Waals surface area (Å²) in [5, 5.41) is 2.69. The number of halogens is 1. The molecule has 2 amide bonds. The van der Waals surface area contributed by atoms with Crippen molar-refractivity contribution in [3.8, 4) is 0 Å². The first kappa shape index (κ1) is 21.3. The van der Waals surface area contributed by atoms with E-state index in [1.807, 2.05) is 43.3 Å². The van der Waals surface area contributed by atoms with E-state index < -0.39 is 11.7 Å². The van der Waals surface area contributed by atoms with E-state index in [1.54, 1.807) is 11.0 Å². The van der Waals surface area contributed by atoms with E-state index in [1.165, 1.54) is 12.1 Å². The van der Waals surface area contributed by atoms with Gasteiger partial charge in [0, 0.05) is 51.6 Å². The smallest absolute Gasteiger partial charge is 0.231 e. The minimum atomic E-state index is -0.633. The SMILES string of the molecule is CN(C)c1ccc(CN(CC2CCCO2)C(=O)C2CC(=O)Nc3cc(F)ccc32)cc1. The summed E-state index contributed by atoms with van der Waals surface area (Å²) >= 11 is 0. The van der Waals surface area contributed by atoms with Crippen molar-refractivity contribution in [2.24, 2.45) is 0 Å². The Morgan fingerprint density at radius 1 is 1.19 bits per heavy atom. The molecule has 2 aliphatic heterocycles. The molecule has 0 aromatic heterocycles. The molecule has 6 nitrogen and oxygen atoms in total. The maximum absolute atomic E-state index is 13.7. The predicted octanol–water partition coefficient (Wildman–Crippen LogP) is 3.53. The van der Waals surface area contributed by atoms with Crippen LogP contribution in [0.15, 0.2) is 42.5 Å². The molecule has 0 saturated carbocycles. The highest BCUT2D eigenvalue weighted by molar-refractivity contribution is 6.01. The normalized spacial score (nSPS) is 20.2. The van der Waals surface area contributed by atoms with Crippen LogP contribution in [0.25, 0.3) is 0 Å². The van der Waals surface area contributed by atoms with Gasteiger partial charge in [0.15, 0.2) is 0 Å². The fraction of sp³-hybridized carbons (Fsp3) is 0.417. The third-order valence-corrected chi connectivity index (χ3v) is 5.94. The monoisotopic (exact) mass is 425 g/mol. The maximum atomic E-state index is 13.7. The van der Waals surface area contributed by atoms with Gasteiger partial charge < -0.3 is 19.9 Å². The van der Waals surface area contributed by atoms with Crippen molar-refractivity contribution in [2.45, 2.75) is 37.8 Å². The van der Waals surface area contributed by atoms with Gasteiger partial charge in [-0.2, -0.15) is 0 Å². The number of amides is 2. The van der Waals surface area contributed by atoms with Crippen LogP contribution in [-0.2, 0) is 20.9 Å². The van der Waals surface area contributed by atoms with Gasteiger partial charge in [0.1, 0.15) is 5.82 Å². The lowest BCUT2D eigenvalue weighted by Crippen LogP contribution is -2.42. The minimum Gasteiger partial charge on any atom is -0.378 e. The van der Waals surface area contributed by atoms with E-state index in [2.05, 4.69) is 5.32 Å². The van der Waals surface area contributed by atoms with Gasteiger partial charge in [-0.1, -0.05) is 18.2 Å². The molecule has 1 saturated heterocycles. The Morgan fingerprint density at radius 2 is 1.97 bits per heavy atom. The fourth-order valence-electron chi connectivity index (χ4n) is 4.26. The molecule has 1 fully saturated rings. The zero-order valence-corrected chi connectivity index (χ0v) is 17.9. The lowest BCUT2D eigenvalue weighted by molar-refractivity contribution is -0.137. The molecule has 2 aliphatic rings. The number of benzene rings is 2. The highest BCUT2D eigenvalue weighted by Crippen LogP contribution is 2.34. The summed E-state index contributed by atoms with van der Waals surface area (Å²) in [6, 6.07) is 12.3. The quantitative estimate of drug-likeness (QED) is 0.769. The Labute approximate surface area is 182 Å². The van der Waals surface area contributed by atoms with Gasteiger partial charge in [-0.25, -0.2) is 4.39 Å². The van der Waals surface area contributed by atoms with Crippen molar-refractivity contribution in [1.82, 2.24) is 4.90 Å². The molecular formula is C24H28FN3O3. The number of carbonyl (C=O) groups is 2. The number of anilines is 2. The van der Waals surface area contributed by atoms with Crippen molar-refractivity contribution in [2.75, 3.05) is 37.5 Å². The molecule has 2 aromatic carbocycles. The Hall–Kier alpha value is -2.93. The van der Waals surface area contributed by atoms with Crippen LogP contribution in [-0.4, -0.2) is 50.1 Å². The number of carbonyl (C=O) groups excluding carboxylic acids is 2. The van der Waals surface area contributed by atoms with Crippen LogP contribution in [0.3, 0.4) is 0 Å².